The van der Waals surface area contributed by atoms with Gasteiger partial charge >= 0.3 is 0 Å². The van der Waals surface area contributed by atoms with Gasteiger partial charge in [0.2, 0.25) is 0 Å². The van der Waals surface area contributed by atoms with Crippen molar-refractivity contribution >= 4 is 0 Å². The molecule has 1 aromatic carbocycles. The summed E-state index contributed by atoms with van der Waals surface area (Å²) in [6.45, 7) is 0.0670. The van der Waals surface area contributed by atoms with Crippen molar-refractivity contribution in [3.05, 3.63) is 60.1 Å². The van der Waals surface area contributed by atoms with Crippen LogP contribution < -0.4 is 0 Å². The van der Waals surface area contributed by atoms with Gasteiger partial charge in [-0.3, -0.25) is 0 Å². The predicted octanol–water partition coefficient (Wildman–Crippen LogP) is 2.40. The molecule has 0 amide bonds. The van der Waals surface area contributed by atoms with Crippen LogP contribution in [-0.2, 0) is 0 Å². The number of hydrogen-bond acceptors (Lipinski definition) is 2. The van der Waals surface area contributed by atoms with Crippen molar-refractivity contribution in [1.82, 2.24) is 0 Å². The van der Waals surface area contributed by atoms with Crippen LogP contribution in [0.25, 0.3) is 0 Å². The van der Waals surface area contributed by atoms with Crippen molar-refractivity contribution in [3.8, 4) is 0 Å². The van der Waals surface area contributed by atoms with Crippen LogP contribution >= 0.6 is 0 Å². The molecule has 2 nitrogen and oxygen atoms in total. The summed E-state index contributed by atoms with van der Waals surface area (Å²) in [6, 6.07) is 13.6. The Morgan fingerprint density at radius 2 is 1.86 bits per heavy atom. The Labute approximate surface area is 82.8 Å². The fourth-order valence-corrected chi connectivity index (χ4v) is 1.53. The molecule has 0 saturated carbocycles. The molecule has 1 atom stereocenters. The van der Waals surface area contributed by atoms with Crippen molar-refractivity contribution in [2.45, 2.75) is 5.92 Å². The van der Waals surface area contributed by atoms with Crippen LogP contribution in [0.3, 0.4) is 0 Å². The Bertz CT molecular complexity index is 364. The van der Waals surface area contributed by atoms with Crippen LogP contribution in [0.5, 0.6) is 0 Å². The van der Waals surface area contributed by atoms with Crippen LogP contribution in [0.1, 0.15) is 17.2 Å². The van der Waals surface area contributed by atoms with E-state index in [-0.39, 0.29) is 12.5 Å². The van der Waals surface area contributed by atoms with E-state index in [0.29, 0.717) is 0 Å². The second kappa shape index (κ2) is 4.11. The van der Waals surface area contributed by atoms with Gasteiger partial charge in [0.05, 0.1) is 18.8 Å². The maximum Gasteiger partial charge on any atom is 0.113 e. The molecule has 0 aliphatic rings. The number of benzene rings is 1. The standard InChI is InChI=1S/C12H12O2/c13-9-11(12-7-4-8-14-12)10-5-2-1-3-6-10/h1-8,11,13H,9H2. The highest BCUT2D eigenvalue weighted by Gasteiger charge is 2.14. The molecule has 0 spiro atoms. The minimum Gasteiger partial charge on any atom is -0.469 e. The number of rotatable bonds is 3. The van der Waals surface area contributed by atoms with Crippen LogP contribution in [0.2, 0.25) is 0 Å². The fraction of sp³-hybridized carbons (Fsp3) is 0.167. The molecule has 1 aromatic heterocycles. The van der Waals surface area contributed by atoms with Crippen LogP contribution in [0.15, 0.2) is 53.1 Å². The molecule has 1 heterocycles. The van der Waals surface area contributed by atoms with Crippen LogP contribution in [0, 0.1) is 0 Å². The molecule has 1 unspecified atom stereocenters. The van der Waals surface area contributed by atoms with Gasteiger partial charge in [-0.05, 0) is 17.7 Å². The Morgan fingerprint density at radius 1 is 1.07 bits per heavy atom. The van der Waals surface area contributed by atoms with Gasteiger partial charge in [-0.15, -0.1) is 0 Å². The summed E-state index contributed by atoms with van der Waals surface area (Å²) in [5.41, 5.74) is 1.07. The Kier molecular flexibility index (Phi) is 2.65. The summed E-state index contributed by atoms with van der Waals surface area (Å²) in [5.74, 6) is 0.755. The number of hydrogen-bond donors (Lipinski definition) is 1. The Balaban J connectivity index is 2.31. The summed E-state index contributed by atoms with van der Waals surface area (Å²) in [5, 5.41) is 9.29. The average molecular weight is 188 g/mol. The quantitative estimate of drug-likeness (QED) is 0.802. The summed E-state index contributed by atoms with van der Waals surface area (Å²) >= 11 is 0. The third-order valence-corrected chi connectivity index (χ3v) is 2.27. The van der Waals surface area contributed by atoms with E-state index in [4.69, 9.17) is 4.42 Å². The van der Waals surface area contributed by atoms with Gasteiger partial charge < -0.3 is 9.52 Å². The highest BCUT2D eigenvalue weighted by Crippen LogP contribution is 2.23. The first kappa shape index (κ1) is 9.03. The van der Waals surface area contributed by atoms with E-state index in [1.165, 1.54) is 0 Å². The maximum absolute atomic E-state index is 9.29. The topological polar surface area (TPSA) is 33.4 Å². The number of aliphatic hydroxyl groups excluding tert-OH is 1. The van der Waals surface area contributed by atoms with E-state index in [1.54, 1.807) is 6.26 Å². The van der Waals surface area contributed by atoms with Crippen molar-refractivity contribution in [3.63, 3.8) is 0 Å². The summed E-state index contributed by atoms with van der Waals surface area (Å²) in [6.07, 6.45) is 1.63. The van der Waals surface area contributed by atoms with E-state index < -0.39 is 0 Å². The van der Waals surface area contributed by atoms with Gasteiger partial charge in [-0.2, -0.15) is 0 Å². The zero-order valence-electron chi connectivity index (χ0n) is 7.76. The summed E-state index contributed by atoms with van der Waals surface area (Å²) in [7, 11) is 0. The normalized spacial score (nSPS) is 12.6. The van der Waals surface area contributed by atoms with Crippen molar-refractivity contribution < 1.29 is 9.52 Å². The molecular weight excluding hydrogens is 176 g/mol. The molecule has 0 aliphatic carbocycles. The molecule has 72 valence electrons. The van der Waals surface area contributed by atoms with E-state index in [0.717, 1.165) is 11.3 Å². The Morgan fingerprint density at radius 3 is 2.43 bits per heavy atom. The van der Waals surface area contributed by atoms with Gasteiger partial charge in [0.25, 0.3) is 0 Å². The molecule has 2 rings (SSSR count). The van der Waals surface area contributed by atoms with Gasteiger partial charge in [0, 0.05) is 0 Å². The molecule has 14 heavy (non-hydrogen) atoms. The first-order valence-electron chi connectivity index (χ1n) is 4.61. The van der Waals surface area contributed by atoms with Crippen molar-refractivity contribution in [1.29, 1.82) is 0 Å². The first-order valence-corrected chi connectivity index (χ1v) is 4.61. The van der Waals surface area contributed by atoms with Crippen molar-refractivity contribution in [2.24, 2.45) is 0 Å². The molecule has 2 heteroatoms. The lowest BCUT2D eigenvalue weighted by atomic mass is 9.98. The minimum absolute atomic E-state index is 0.0498. The number of furan rings is 1. The third-order valence-electron chi connectivity index (χ3n) is 2.27. The molecule has 2 aromatic rings. The van der Waals surface area contributed by atoms with Gasteiger partial charge in [0.15, 0.2) is 0 Å². The molecule has 1 N–H and O–H groups in total. The lowest BCUT2D eigenvalue weighted by Gasteiger charge is -2.11. The second-order valence-electron chi connectivity index (χ2n) is 3.16. The molecular formula is C12H12O2. The first-order chi connectivity index (χ1) is 6.92. The number of aliphatic hydroxyl groups is 1. The predicted molar refractivity (Wildman–Crippen MR) is 54.1 cm³/mol. The maximum atomic E-state index is 9.29. The van der Waals surface area contributed by atoms with Crippen LogP contribution in [-0.4, -0.2) is 11.7 Å². The summed E-state index contributed by atoms with van der Waals surface area (Å²) in [4.78, 5) is 0. The average Bonchev–Trinajstić information content (AvgIpc) is 2.74. The van der Waals surface area contributed by atoms with Crippen molar-refractivity contribution in [2.75, 3.05) is 6.61 Å². The lowest BCUT2D eigenvalue weighted by molar-refractivity contribution is 0.266. The second-order valence-corrected chi connectivity index (χ2v) is 3.16. The SMILES string of the molecule is OCC(c1ccccc1)c1ccco1. The third kappa shape index (κ3) is 1.70. The molecule has 0 saturated heterocycles. The van der Waals surface area contributed by atoms with Gasteiger partial charge in [0.1, 0.15) is 5.76 Å². The summed E-state index contributed by atoms with van der Waals surface area (Å²) < 4.78 is 5.28. The van der Waals surface area contributed by atoms with E-state index in [2.05, 4.69) is 0 Å². The van der Waals surface area contributed by atoms with Gasteiger partial charge in [-0.1, -0.05) is 30.3 Å². The van der Waals surface area contributed by atoms with E-state index >= 15 is 0 Å². The minimum atomic E-state index is -0.0498. The van der Waals surface area contributed by atoms with E-state index in [1.807, 2.05) is 42.5 Å². The molecule has 0 aliphatic heterocycles. The van der Waals surface area contributed by atoms with Crippen LogP contribution in [0.4, 0.5) is 0 Å². The lowest BCUT2D eigenvalue weighted by Crippen LogP contribution is -2.04. The monoisotopic (exact) mass is 188 g/mol. The molecule has 0 bridgehead atoms. The highest BCUT2D eigenvalue weighted by molar-refractivity contribution is 5.27. The smallest absolute Gasteiger partial charge is 0.113 e. The fourth-order valence-electron chi connectivity index (χ4n) is 1.53. The van der Waals surface area contributed by atoms with Gasteiger partial charge in [-0.25, -0.2) is 0 Å². The molecule has 0 radical (unpaired) electrons. The Hall–Kier alpha value is -1.54. The largest absolute Gasteiger partial charge is 0.469 e. The van der Waals surface area contributed by atoms with E-state index in [9.17, 15) is 5.11 Å². The zero-order chi connectivity index (χ0) is 9.80. The molecule has 0 fully saturated rings. The zero-order valence-corrected chi connectivity index (χ0v) is 7.76. The highest BCUT2D eigenvalue weighted by atomic mass is 16.3.